The standard InChI is InChI=1S/C8H9N5O2/c1-15-5(14)2-13-4-12-6-7(9)10-3-11-8(6)13/h3-4H,2H2,1H3,(H2,9,10,11). The number of carbonyl (C=O) groups excluding carboxylic acids is 1. The maximum absolute atomic E-state index is 11.1. The Labute approximate surface area is 84.9 Å². The highest BCUT2D eigenvalue weighted by atomic mass is 16.5. The number of carbonyl (C=O) groups is 1. The molecule has 0 saturated carbocycles. The van der Waals surface area contributed by atoms with Crippen molar-refractivity contribution in [2.45, 2.75) is 6.54 Å². The molecule has 0 aliphatic heterocycles. The van der Waals surface area contributed by atoms with Gasteiger partial charge >= 0.3 is 5.97 Å². The Kier molecular flexibility index (Phi) is 2.20. The van der Waals surface area contributed by atoms with E-state index in [2.05, 4.69) is 19.7 Å². The van der Waals surface area contributed by atoms with Gasteiger partial charge in [-0.05, 0) is 0 Å². The number of nitrogens with zero attached hydrogens (tertiary/aromatic N) is 4. The van der Waals surface area contributed by atoms with Crippen LogP contribution in [0.3, 0.4) is 0 Å². The molecular formula is C8H9N5O2. The molecule has 7 heteroatoms. The van der Waals surface area contributed by atoms with Gasteiger partial charge in [-0.15, -0.1) is 0 Å². The van der Waals surface area contributed by atoms with E-state index in [4.69, 9.17) is 5.73 Å². The maximum atomic E-state index is 11.1. The van der Waals surface area contributed by atoms with E-state index in [9.17, 15) is 4.79 Å². The van der Waals surface area contributed by atoms with E-state index in [0.717, 1.165) is 0 Å². The van der Waals surface area contributed by atoms with Gasteiger partial charge in [0.1, 0.15) is 18.4 Å². The third-order valence-corrected chi connectivity index (χ3v) is 1.96. The third-order valence-electron chi connectivity index (χ3n) is 1.96. The Balaban J connectivity index is 2.45. The van der Waals surface area contributed by atoms with Crippen molar-refractivity contribution in [3.8, 4) is 0 Å². The lowest BCUT2D eigenvalue weighted by molar-refractivity contribution is -0.141. The summed E-state index contributed by atoms with van der Waals surface area (Å²) in [6, 6.07) is 0. The summed E-state index contributed by atoms with van der Waals surface area (Å²) >= 11 is 0. The minimum Gasteiger partial charge on any atom is -0.468 e. The summed E-state index contributed by atoms with van der Waals surface area (Å²) in [5.41, 5.74) is 6.60. The number of imidazole rings is 1. The highest BCUT2D eigenvalue weighted by Gasteiger charge is 2.10. The van der Waals surface area contributed by atoms with Crippen LogP contribution in [0.2, 0.25) is 0 Å². The van der Waals surface area contributed by atoms with Gasteiger partial charge in [0, 0.05) is 0 Å². The van der Waals surface area contributed by atoms with Crippen molar-refractivity contribution < 1.29 is 9.53 Å². The molecule has 2 N–H and O–H groups in total. The fraction of sp³-hybridized carbons (Fsp3) is 0.250. The monoisotopic (exact) mass is 207 g/mol. The van der Waals surface area contributed by atoms with Gasteiger partial charge < -0.3 is 15.0 Å². The zero-order valence-corrected chi connectivity index (χ0v) is 8.04. The molecule has 2 aromatic heterocycles. The van der Waals surface area contributed by atoms with Crippen LogP contribution in [0.15, 0.2) is 12.7 Å². The second kappa shape index (κ2) is 3.52. The van der Waals surface area contributed by atoms with Crippen molar-refractivity contribution in [2.75, 3.05) is 12.8 Å². The molecular weight excluding hydrogens is 198 g/mol. The first-order valence-corrected chi connectivity index (χ1v) is 4.20. The second-order valence-electron chi connectivity index (χ2n) is 2.88. The molecule has 0 unspecified atom stereocenters. The van der Waals surface area contributed by atoms with E-state index in [1.807, 2.05) is 0 Å². The van der Waals surface area contributed by atoms with E-state index in [1.165, 1.54) is 19.8 Å². The minimum atomic E-state index is -0.369. The first kappa shape index (κ1) is 9.38. The van der Waals surface area contributed by atoms with Crippen molar-refractivity contribution in [2.24, 2.45) is 0 Å². The number of nitrogens with two attached hydrogens (primary N) is 1. The van der Waals surface area contributed by atoms with Crippen molar-refractivity contribution in [3.05, 3.63) is 12.7 Å². The third kappa shape index (κ3) is 1.58. The second-order valence-corrected chi connectivity index (χ2v) is 2.88. The number of hydrogen-bond acceptors (Lipinski definition) is 6. The van der Waals surface area contributed by atoms with Crippen LogP contribution in [0, 0.1) is 0 Å². The predicted octanol–water partition coefficient (Wildman–Crippen LogP) is -0.419. The maximum Gasteiger partial charge on any atom is 0.325 e. The van der Waals surface area contributed by atoms with Gasteiger partial charge in [-0.3, -0.25) is 4.79 Å². The van der Waals surface area contributed by atoms with E-state index in [0.29, 0.717) is 17.0 Å². The van der Waals surface area contributed by atoms with Gasteiger partial charge in [-0.2, -0.15) is 0 Å². The van der Waals surface area contributed by atoms with Gasteiger partial charge in [0.2, 0.25) is 0 Å². The van der Waals surface area contributed by atoms with Crippen molar-refractivity contribution in [3.63, 3.8) is 0 Å². The van der Waals surface area contributed by atoms with Crippen LogP contribution in [0.4, 0.5) is 5.82 Å². The molecule has 0 saturated heterocycles. The number of anilines is 1. The molecule has 7 nitrogen and oxygen atoms in total. The lowest BCUT2D eigenvalue weighted by Crippen LogP contribution is -2.11. The zero-order valence-electron chi connectivity index (χ0n) is 8.04. The lowest BCUT2D eigenvalue weighted by Gasteiger charge is -2.01. The average Bonchev–Trinajstić information content (AvgIpc) is 2.63. The fourth-order valence-corrected chi connectivity index (χ4v) is 1.22. The average molecular weight is 207 g/mol. The molecule has 0 spiro atoms. The number of methoxy groups -OCH3 is 1. The molecule has 0 fully saturated rings. The Bertz CT molecular complexity index is 507. The number of aromatic nitrogens is 4. The van der Waals surface area contributed by atoms with Crippen LogP contribution >= 0.6 is 0 Å². The van der Waals surface area contributed by atoms with Crippen molar-refractivity contribution >= 4 is 23.0 Å². The summed E-state index contributed by atoms with van der Waals surface area (Å²) in [6.45, 7) is 0.0590. The van der Waals surface area contributed by atoms with Crippen LogP contribution in [0.25, 0.3) is 11.2 Å². The normalized spacial score (nSPS) is 10.5. The highest BCUT2D eigenvalue weighted by molar-refractivity contribution is 5.82. The summed E-state index contributed by atoms with van der Waals surface area (Å²) in [6.07, 6.45) is 2.81. The molecule has 0 bridgehead atoms. The first-order valence-electron chi connectivity index (χ1n) is 4.20. The molecule has 0 amide bonds. The molecule has 0 atom stereocenters. The van der Waals surface area contributed by atoms with Crippen LogP contribution in [-0.4, -0.2) is 32.6 Å². The SMILES string of the molecule is COC(=O)Cn1cnc2c(N)ncnc21. The molecule has 2 heterocycles. The largest absolute Gasteiger partial charge is 0.468 e. The van der Waals surface area contributed by atoms with Crippen molar-refractivity contribution in [1.29, 1.82) is 0 Å². The van der Waals surface area contributed by atoms with Gasteiger partial charge in [0.05, 0.1) is 13.4 Å². The van der Waals surface area contributed by atoms with Crippen LogP contribution < -0.4 is 5.73 Å². The Morgan fingerprint density at radius 1 is 1.53 bits per heavy atom. The summed E-state index contributed by atoms with van der Waals surface area (Å²) in [5.74, 6) is -0.0740. The molecule has 2 aromatic rings. The Hall–Kier alpha value is -2.18. The van der Waals surface area contributed by atoms with Crippen LogP contribution in [0.1, 0.15) is 0 Å². The predicted molar refractivity (Wildman–Crippen MR) is 51.8 cm³/mol. The molecule has 2 rings (SSSR count). The summed E-state index contributed by atoms with van der Waals surface area (Å²) in [4.78, 5) is 22.9. The molecule has 0 radical (unpaired) electrons. The molecule has 0 aliphatic rings. The molecule has 0 aliphatic carbocycles. The minimum absolute atomic E-state index is 0.0590. The van der Waals surface area contributed by atoms with Crippen molar-refractivity contribution in [1.82, 2.24) is 19.5 Å². The topological polar surface area (TPSA) is 95.9 Å². The summed E-state index contributed by atoms with van der Waals surface area (Å²) < 4.78 is 6.10. The summed E-state index contributed by atoms with van der Waals surface area (Å²) in [5, 5.41) is 0. The first-order chi connectivity index (χ1) is 7.22. The Morgan fingerprint density at radius 2 is 2.33 bits per heavy atom. The highest BCUT2D eigenvalue weighted by Crippen LogP contribution is 2.13. The van der Waals surface area contributed by atoms with Crippen LogP contribution in [-0.2, 0) is 16.1 Å². The lowest BCUT2D eigenvalue weighted by atomic mass is 10.5. The van der Waals surface area contributed by atoms with E-state index < -0.39 is 0 Å². The molecule has 15 heavy (non-hydrogen) atoms. The molecule has 0 aromatic carbocycles. The van der Waals surface area contributed by atoms with Gasteiger partial charge in [-0.25, -0.2) is 15.0 Å². The van der Waals surface area contributed by atoms with Crippen LogP contribution in [0.5, 0.6) is 0 Å². The quantitative estimate of drug-likeness (QED) is 0.672. The number of ether oxygens (including phenoxy) is 1. The smallest absolute Gasteiger partial charge is 0.325 e. The zero-order chi connectivity index (χ0) is 10.8. The summed E-state index contributed by atoms with van der Waals surface area (Å²) in [7, 11) is 1.32. The fourth-order valence-electron chi connectivity index (χ4n) is 1.22. The van der Waals surface area contributed by atoms with E-state index in [-0.39, 0.29) is 12.5 Å². The Morgan fingerprint density at radius 3 is 3.07 bits per heavy atom. The number of rotatable bonds is 2. The number of hydrogen-bond donors (Lipinski definition) is 1. The van der Waals surface area contributed by atoms with E-state index >= 15 is 0 Å². The number of fused-ring (bicyclic) bond motifs is 1. The number of nitrogen functional groups attached to an aromatic ring is 1. The van der Waals surface area contributed by atoms with Gasteiger partial charge in [0.25, 0.3) is 0 Å². The van der Waals surface area contributed by atoms with Gasteiger partial charge in [-0.1, -0.05) is 0 Å². The molecule has 78 valence electrons. The number of esters is 1. The van der Waals surface area contributed by atoms with Gasteiger partial charge in [0.15, 0.2) is 11.5 Å². The van der Waals surface area contributed by atoms with E-state index in [1.54, 1.807) is 4.57 Å².